The van der Waals surface area contributed by atoms with Crippen LogP contribution in [0.2, 0.25) is 0 Å². The van der Waals surface area contributed by atoms with Crippen LogP contribution in [0.4, 0.5) is 0 Å². The second-order valence-electron chi connectivity index (χ2n) is 6.09. The van der Waals surface area contributed by atoms with Gasteiger partial charge in [-0.3, -0.25) is 0 Å². The SMILES string of the molecule is CCCN(OC)C(c1ccccc1)(c1ccccc1)c1ccccc1. The van der Waals surface area contributed by atoms with Crippen LogP contribution in [0.25, 0.3) is 0 Å². The minimum absolute atomic E-state index is 0.492. The van der Waals surface area contributed by atoms with Crippen molar-refractivity contribution in [3.05, 3.63) is 108 Å². The van der Waals surface area contributed by atoms with Crippen LogP contribution in [-0.2, 0) is 10.4 Å². The second-order valence-corrected chi connectivity index (χ2v) is 6.09. The van der Waals surface area contributed by atoms with Crippen LogP contribution in [0.15, 0.2) is 91.0 Å². The zero-order chi connectivity index (χ0) is 17.5. The van der Waals surface area contributed by atoms with E-state index in [2.05, 4.69) is 103 Å². The molecule has 0 fully saturated rings. The van der Waals surface area contributed by atoms with Gasteiger partial charge in [0.15, 0.2) is 0 Å². The number of rotatable bonds is 7. The molecule has 0 bridgehead atoms. The molecule has 0 spiro atoms. The molecule has 0 saturated heterocycles. The molecule has 2 heteroatoms. The van der Waals surface area contributed by atoms with E-state index in [9.17, 15) is 0 Å². The van der Waals surface area contributed by atoms with Gasteiger partial charge >= 0.3 is 0 Å². The van der Waals surface area contributed by atoms with Gasteiger partial charge < -0.3 is 4.84 Å². The Morgan fingerprint density at radius 1 is 0.680 bits per heavy atom. The standard InChI is InChI=1S/C23H25NO/c1-3-19-24(25-2)23(20-13-7-4-8-14-20,21-15-9-5-10-16-21)22-17-11-6-12-18-22/h4-18H,3,19H2,1-2H3. The Bertz CT molecular complexity index is 659. The van der Waals surface area contributed by atoms with E-state index in [1.54, 1.807) is 7.11 Å². The van der Waals surface area contributed by atoms with Gasteiger partial charge in [-0.2, -0.15) is 5.06 Å². The monoisotopic (exact) mass is 331 g/mol. The Balaban J connectivity index is 2.35. The van der Waals surface area contributed by atoms with Crippen molar-refractivity contribution in [2.75, 3.05) is 13.7 Å². The van der Waals surface area contributed by atoms with E-state index in [-0.39, 0.29) is 0 Å². The van der Waals surface area contributed by atoms with Gasteiger partial charge in [-0.15, -0.1) is 0 Å². The van der Waals surface area contributed by atoms with Crippen molar-refractivity contribution in [3.8, 4) is 0 Å². The van der Waals surface area contributed by atoms with Crippen molar-refractivity contribution in [1.82, 2.24) is 5.06 Å². The highest BCUT2D eigenvalue weighted by atomic mass is 16.7. The van der Waals surface area contributed by atoms with E-state index in [4.69, 9.17) is 4.84 Å². The van der Waals surface area contributed by atoms with Crippen molar-refractivity contribution in [3.63, 3.8) is 0 Å². The quantitative estimate of drug-likeness (QED) is 0.433. The molecule has 0 N–H and O–H groups in total. The minimum Gasteiger partial charge on any atom is -0.301 e. The molecule has 0 aromatic heterocycles. The number of hydroxylamine groups is 2. The summed E-state index contributed by atoms with van der Waals surface area (Å²) in [6, 6.07) is 31.8. The van der Waals surface area contributed by atoms with Crippen molar-refractivity contribution >= 4 is 0 Å². The fourth-order valence-electron chi connectivity index (χ4n) is 3.57. The third-order valence-corrected chi connectivity index (χ3v) is 4.60. The molecule has 25 heavy (non-hydrogen) atoms. The summed E-state index contributed by atoms with van der Waals surface area (Å²) in [6.07, 6.45) is 1.00. The van der Waals surface area contributed by atoms with Gasteiger partial charge in [-0.1, -0.05) is 97.9 Å². The second kappa shape index (κ2) is 8.11. The molecule has 0 unspecified atom stereocenters. The molecule has 0 aliphatic heterocycles. The number of nitrogens with zero attached hydrogens (tertiary/aromatic N) is 1. The Hall–Kier alpha value is -2.42. The smallest absolute Gasteiger partial charge is 0.121 e. The average molecular weight is 331 g/mol. The number of hydrogen-bond donors (Lipinski definition) is 0. The highest BCUT2D eigenvalue weighted by Crippen LogP contribution is 2.42. The summed E-state index contributed by atoms with van der Waals surface area (Å²) < 4.78 is 0. The molecule has 3 rings (SSSR count). The first-order chi connectivity index (χ1) is 12.3. The van der Waals surface area contributed by atoms with Crippen LogP contribution >= 0.6 is 0 Å². The van der Waals surface area contributed by atoms with E-state index in [0.29, 0.717) is 0 Å². The summed E-state index contributed by atoms with van der Waals surface area (Å²) >= 11 is 0. The van der Waals surface area contributed by atoms with Crippen LogP contribution in [0.5, 0.6) is 0 Å². The maximum atomic E-state index is 5.95. The van der Waals surface area contributed by atoms with Crippen molar-refractivity contribution in [1.29, 1.82) is 0 Å². The van der Waals surface area contributed by atoms with E-state index >= 15 is 0 Å². The van der Waals surface area contributed by atoms with Gasteiger partial charge in [0.25, 0.3) is 0 Å². The van der Waals surface area contributed by atoms with Crippen molar-refractivity contribution in [2.45, 2.75) is 18.9 Å². The lowest BCUT2D eigenvalue weighted by molar-refractivity contribution is -0.181. The van der Waals surface area contributed by atoms with E-state index in [1.165, 1.54) is 16.7 Å². The van der Waals surface area contributed by atoms with Crippen LogP contribution in [-0.4, -0.2) is 18.7 Å². The lowest BCUT2D eigenvalue weighted by Crippen LogP contribution is -2.47. The number of hydrogen-bond acceptors (Lipinski definition) is 2. The molecule has 2 nitrogen and oxygen atoms in total. The molecule has 0 saturated carbocycles. The summed E-state index contributed by atoms with van der Waals surface area (Å²) in [5, 5.41) is 2.10. The Morgan fingerprint density at radius 2 is 1.04 bits per heavy atom. The third-order valence-electron chi connectivity index (χ3n) is 4.60. The molecular formula is C23H25NO. The Kier molecular flexibility index (Phi) is 5.64. The zero-order valence-corrected chi connectivity index (χ0v) is 14.9. The first kappa shape index (κ1) is 17.4. The van der Waals surface area contributed by atoms with Gasteiger partial charge in [-0.05, 0) is 23.1 Å². The molecule has 0 atom stereocenters. The maximum absolute atomic E-state index is 5.95. The number of benzene rings is 3. The molecule has 0 radical (unpaired) electrons. The molecule has 0 aliphatic rings. The lowest BCUT2D eigenvalue weighted by Gasteiger charge is -2.43. The predicted octanol–water partition coefficient (Wildman–Crippen LogP) is 5.25. The van der Waals surface area contributed by atoms with Gasteiger partial charge in [-0.25, -0.2) is 0 Å². The molecule has 3 aromatic rings. The lowest BCUT2D eigenvalue weighted by atomic mass is 9.76. The van der Waals surface area contributed by atoms with Crippen LogP contribution in [0.3, 0.4) is 0 Å². The largest absolute Gasteiger partial charge is 0.301 e. The van der Waals surface area contributed by atoms with Gasteiger partial charge in [0.2, 0.25) is 0 Å². The first-order valence-corrected chi connectivity index (χ1v) is 8.82. The topological polar surface area (TPSA) is 12.5 Å². The molecule has 0 amide bonds. The van der Waals surface area contributed by atoms with Crippen LogP contribution in [0, 0.1) is 0 Å². The fraction of sp³-hybridized carbons (Fsp3) is 0.217. The summed E-state index contributed by atoms with van der Waals surface area (Å²) in [5.74, 6) is 0. The van der Waals surface area contributed by atoms with Crippen molar-refractivity contribution in [2.24, 2.45) is 0 Å². The van der Waals surface area contributed by atoms with Crippen molar-refractivity contribution < 1.29 is 4.84 Å². The Labute approximate surface area is 150 Å². The van der Waals surface area contributed by atoms with Gasteiger partial charge in [0.05, 0.1) is 7.11 Å². The summed E-state index contributed by atoms with van der Waals surface area (Å²) in [4.78, 5) is 5.95. The van der Waals surface area contributed by atoms with E-state index in [0.717, 1.165) is 13.0 Å². The fourth-order valence-corrected chi connectivity index (χ4v) is 3.57. The highest BCUT2D eigenvalue weighted by Gasteiger charge is 2.42. The maximum Gasteiger partial charge on any atom is 0.121 e. The molecule has 0 heterocycles. The van der Waals surface area contributed by atoms with E-state index in [1.807, 2.05) is 0 Å². The van der Waals surface area contributed by atoms with Gasteiger partial charge in [0, 0.05) is 6.54 Å². The van der Waals surface area contributed by atoms with Gasteiger partial charge in [0.1, 0.15) is 5.54 Å². The first-order valence-electron chi connectivity index (χ1n) is 8.82. The third kappa shape index (κ3) is 3.23. The summed E-state index contributed by atoms with van der Waals surface area (Å²) in [5.41, 5.74) is 3.10. The predicted molar refractivity (Wildman–Crippen MR) is 103 cm³/mol. The highest BCUT2D eigenvalue weighted by molar-refractivity contribution is 5.49. The molecule has 128 valence electrons. The van der Waals surface area contributed by atoms with Crippen LogP contribution < -0.4 is 0 Å². The normalized spacial score (nSPS) is 11.6. The average Bonchev–Trinajstić information content (AvgIpc) is 2.70. The molecular weight excluding hydrogens is 306 g/mol. The molecule has 3 aromatic carbocycles. The summed E-state index contributed by atoms with van der Waals surface area (Å²) in [6.45, 7) is 3.01. The summed E-state index contributed by atoms with van der Waals surface area (Å²) in [7, 11) is 1.76. The Morgan fingerprint density at radius 3 is 1.32 bits per heavy atom. The minimum atomic E-state index is -0.492. The van der Waals surface area contributed by atoms with E-state index < -0.39 is 5.54 Å². The van der Waals surface area contributed by atoms with Crippen LogP contribution in [0.1, 0.15) is 30.0 Å². The zero-order valence-electron chi connectivity index (χ0n) is 14.9. The molecule has 0 aliphatic carbocycles.